The molecule has 0 bridgehead atoms. The minimum Gasteiger partial charge on any atom is -0.453 e. The molecule has 0 fully saturated rings. The van der Waals surface area contributed by atoms with Crippen LogP contribution in [0.4, 0.5) is 9.59 Å². The number of methoxy groups -OCH3 is 2. The average Bonchev–Trinajstić information content (AvgIpc) is 3.08. The summed E-state index contributed by atoms with van der Waals surface area (Å²) in [6, 6.07) is 19.8. The molecule has 51 heavy (non-hydrogen) atoms. The number of carbonyl (C=O) groups is 4. The van der Waals surface area contributed by atoms with E-state index in [0.29, 0.717) is 0 Å². The predicted molar refractivity (Wildman–Crippen MR) is 194 cm³/mol. The zero-order valence-corrected chi connectivity index (χ0v) is 30.7. The number of aromatic nitrogens is 1. The van der Waals surface area contributed by atoms with Gasteiger partial charge in [-0.1, -0.05) is 102 Å². The molecule has 4 amide bonds. The van der Waals surface area contributed by atoms with Gasteiger partial charge in [-0.2, -0.15) is 0 Å². The average molecular weight is 705 g/mol. The van der Waals surface area contributed by atoms with Crippen LogP contribution in [0.3, 0.4) is 0 Å². The molecule has 3 aromatic rings. The minimum atomic E-state index is -1.22. The first-order valence-corrected chi connectivity index (χ1v) is 16.8. The molecule has 13 heteroatoms. The summed E-state index contributed by atoms with van der Waals surface area (Å²) in [5.41, 5.74) is 4.88. The lowest BCUT2D eigenvalue weighted by Gasteiger charge is -2.35. The second kappa shape index (κ2) is 18.3. The third-order valence-corrected chi connectivity index (χ3v) is 8.21. The molecule has 3 rings (SSSR count). The summed E-state index contributed by atoms with van der Waals surface area (Å²) >= 11 is 0. The van der Waals surface area contributed by atoms with Crippen molar-refractivity contribution in [3.8, 4) is 11.3 Å². The second-order valence-corrected chi connectivity index (χ2v) is 14.5. The maximum absolute atomic E-state index is 13.8. The van der Waals surface area contributed by atoms with E-state index < -0.39 is 59.1 Å². The molecule has 0 unspecified atom stereocenters. The molecule has 0 radical (unpaired) electrons. The van der Waals surface area contributed by atoms with Crippen molar-refractivity contribution < 1.29 is 33.8 Å². The maximum Gasteiger partial charge on any atom is 0.407 e. The number of rotatable bonds is 14. The Bertz CT molecular complexity index is 1570. The van der Waals surface area contributed by atoms with Crippen molar-refractivity contribution >= 4 is 24.0 Å². The van der Waals surface area contributed by atoms with Crippen molar-refractivity contribution in [2.45, 2.75) is 78.7 Å². The van der Waals surface area contributed by atoms with Gasteiger partial charge in [-0.15, -0.1) is 0 Å². The normalized spacial score (nSPS) is 14.0. The Morgan fingerprint density at radius 3 is 1.78 bits per heavy atom. The van der Waals surface area contributed by atoms with Gasteiger partial charge in [0.15, 0.2) is 0 Å². The van der Waals surface area contributed by atoms with Crippen LogP contribution in [0.5, 0.6) is 0 Å². The predicted octanol–water partition coefficient (Wildman–Crippen LogP) is 4.21. The number of amides is 4. The standard InChI is InChI=1S/C38H52N6O7/c1-37(2,3)31(41-35(48)50-7)33(46)40-29(22-25-14-10-9-11-15-25)30(45)24-44(43-34(47)32(38(4,5)6)42-36(49)51-8)23-26-17-19-27(20-18-26)28-16-12-13-21-39-28/h9-21,29-32,45H,22-24H2,1-8H3,(H,40,46)(H,41,48)(H,42,49)(H,43,47)/t29-,30-,31+,32-/m0/s1. The van der Waals surface area contributed by atoms with Crippen LogP contribution in [0.15, 0.2) is 79.0 Å². The highest BCUT2D eigenvalue weighted by molar-refractivity contribution is 5.87. The molecule has 2 aromatic carbocycles. The number of nitrogens with zero attached hydrogens (tertiary/aromatic N) is 2. The van der Waals surface area contributed by atoms with Crippen LogP contribution in [0.1, 0.15) is 52.7 Å². The fourth-order valence-electron chi connectivity index (χ4n) is 5.38. The molecule has 0 saturated carbocycles. The van der Waals surface area contributed by atoms with Crippen LogP contribution < -0.4 is 21.4 Å². The molecule has 13 nitrogen and oxygen atoms in total. The number of carbonyl (C=O) groups excluding carboxylic acids is 4. The van der Waals surface area contributed by atoms with Gasteiger partial charge in [0.25, 0.3) is 5.91 Å². The van der Waals surface area contributed by atoms with E-state index in [0.717, 1.165) is 22.4 Å². The summed E-state index contributed by atoms with van der Waals surface area (Å²) in [6.07, 6.45) is -0.778. The number of hydrogen-bond acceptors (Lipinski definition) is 9. The van der Waals surface area contributed by atoms with Crippen molar-refractivity contribution in [1.29, 1.82) is 0 Å². The van der Waals surface area contributed by atoms with E-state index >= 15 is 0 Å². The fraction of sp³-hybridized carbons (Fsp3) is 0.447. The minimum absolute atomic E-state index is 0.120. The zero-order chi connectivity index (χ0) is 37.8. The molecule has 0 spiro atoms. The highest BCUT2D eigenvalue weighted by atomic mass is 16.5. The van der Waals surface area contributed by atoms with Crippen LogP contribution in [-0.2, 0) is 32.0 Å². The summed E-state index contributed by atoms with van der Waals surface area (Å²) in [5.74, 6) is -1.03. The SMILES string of the molecule is COC(=O)N[C@H](C(=O)N[C@@H](Cc1ccccc1)[C@@H](O)CN(Cc1ccc(-c2ccccn2)cc1)NC(=O)[C@H](NC(=O)OC)C(C)(C)C)C(C)(C)C. The first kappa shape index (κ1) is 40.4. The Balaban J connectivity index is 1.96. The van der Waals surface area contributed by atoms with E-state index in [4.69, 9.17) is 9.47 Å². The Morgan fingerprint density at radius 2 is 1.27 bits per heavy atom. The Kier molecular flexibility index (Phi) is 14.5. The lowest BCUT2D eigenvalue weighted by Crippen LogP contribution is -2.60. The number of hydrogen-bond donors (Lipinski definition) is 5. The largest absolute Gasteiger partial charge is 0.453 e. The van der Waals surface area contributed by atoms with Crippen LogP contribution in [0.25, 0.3) is 11.3 Å². The first-order chi connectivity index (χ1) is 24.0. The van der Waals surface area contributed by atoms with Crippen LogP contribution in [0.2, 0.25) is 0 Å². The first-order valence-electron chi connectivity index (χ1n) is 16.8. The highest BCUT2D eigenvalue weighted by Crippen LogP contribution is 2.23. The van der Waals surface area contributed by atoms with E-state index in [1.54, 1.807) is 32.0 Å². The van der Waals surface area contributed by atoms with E-state index in [9.17, 15) is 24.3 Å². The molecule has 276 valence electrons. The van der Waals surface area contributed by atoms with Gasteiger partial charge in [-0.3, -0.25) is 20.0 Å². The summed E-state index contributed by atoms with van der Waals surface area (Å²) < 4.78 is 9.54. The molecule has 1 heterocycles. The molecule has 0 aliphatic rings. The lowest BCUT2D eigenvalue weighted by molar-refractivity contribution is -0.132. The Hall–Kier alpha value is -5.01. The van der Waals surface area contributed by atoms with Gasteiger partial charge < -0.3 is 30.5 Å². The van der Waals surface area contributed by atoms with E-state index in [1.165, 1.54) is 14.2 Å². The fourth-order valence-corrected chi connectivity index (χ4v) is 5.38. The third kappa shape index (κ3) is 12.7. The van der Waals surface area contributed by atoms with Crippen molar-refractivity contribution in [3.63, 3.8) is 0 Å². The molecule has 0 saturated heterocycles. The quantitative estimate of drug-likeness (QED) is 0.154. The van der Waals surface area contributed by atoms with Crippen molar-refractivity contribution in [3.05, 3.63) is 90.1 Å². The number of alkyl carbamates (subject to hydrolysis) is 2. The number of nitrogens with one attached hydrogen (secondary N) is 4. The second-order valence-electron chi connectivity index (χ2n) is 14.5. The third-order valence-electron chi connectivity index (χ3n) is 8.21. The van der Waals surface area contributed by atoms with Crippen molar-refractivity contribution in [2.75, 3.05) is 20.8 Å². The number of aliphatic hydroxyl groups excluding tert-OH is 1. The molecule has 1 aromatic heterocycles. The van der Waals surface area contributed by atoms with Crippen LogP contribution >= 0.6 is 0 Å². The topological polar surface area (TPSA) is 171 Å². The van der Waals surface area contributed by atoms with Gasteiger partial charge in [-0.25, -0.2) is 14.6 Å². The maximum atomic E-state index is 13.8. The van der Waals surface area contributed by atoms with Gasteiger partial charge in [0.05, 0.1) is 32.1 Å². The molecule has 5 N–H and O–H groups in total. The zero-order valence-electron chi connectivity index (χ0n) is 30.7. The summed E-state index contributed by atoms with van der Waals surface area (Å²) in [4.78, 5) is 56.3. The smallest absolute Gasteiger partial charge is 0.407 e. The monoisotopic (exact) mass is 704 g/mol. The van der Waals surface area contributed by atoms with Gasteiger partial charge in [0.1, 0.15) is 12.1 Å². The van der Waals surface area contributed by atoms with Gasteiger partial charge >= 0.3 is 12.2 Å². The molecular weight excluding hydrogens is 652 g/mol. The van der Waals surface area contributed by atoms with Gasteiger partial charge in [-0.05, 0) is 40.5 Å². The van der Waals surface area contributed by atoms with E-state index in [2.05, 4.69) is 26.4 Å². The number of aliphatic hydroxyl groups is 1. The van der Waals surface area contributed by atoms with Crippen molar-refractivity contribution in [1.82, 2.24) is 31.4 Å². The summed E-state index contributed by atoms with van der Waals surface area (Å²) in [6.45, 7) is 10.9. The lowest BCUT2D eigenvalue weighted by atomic mass is 9.85. The van der Waals surface area contributed by atoms with Gasteiger partial charge in [0.2, 0.25) is 5.91 Å². The Labute approximate surface area is 300 Å². The number of pyridine rings is 1. The molecular formula is C38H52N6O7. The summed E-state index contributed by atoms with van der Waals surface area (Å²) in [5, 5.41) is 21.6. The van der Waals surface area contributed by atoms with Crippen LogP contribution in [0, 0.1) is 10.8 Å². The molecule has 0 aliphatic carbocycles. The highest BCUT2D eigenvalue weighted by Gasteiger charge is 2.37. The number of hydrazine groups is 1. The summed E-state index contributed by atoms with van der Waals surface area (Å²) in [7, 11) is 2.44. The number of ether oxygens (including phenoxy) is 2. The molecule has 4 atom stereocenters. The van der Waals surface area contributed by atoms with Crippen LogP contribution in [-0.4, -0.2) is 84.1 Å². The van der Waals surface area contributed by atoms with Gasteiger partial charge in [0, 0.05) is 24.8 Å². The molecule has 0 aliphatic heterocycles. The van der Waals surface area contributed by atoms with E-state index in [-0.39, 0.29) is 19.5 Å². The van der Waals surface area contributed by atoms with Crippen molar-refractivity contribution in [2.24, 2.45) is 10.8 Å². The Morgan fingerprint density at radius 1 is 0.725 bits per heavy atom. The van der Waals surface area contributed by atoms with E-state index in [1.807, 2.05) is 93.6 Å². The number of benzene rings is 2.